The van der Waals surface area contributed by atoms with Crippen molar-refractivity contribution in [2.24, 2.45) is 0 Å². The Balaban J connectivity index is 2.41. The monoisotopic (exact) mass is 229 g/mol. The molecule has 0 amide bonds. The fourth-order valence-electron chi connectivity index (χ4n) is 1.88. The molecule has 1 heterocycles. The van der Waals surface area contributed by atoms with Crippen molar-refractivity contribution >= 4 is 11.6 Å². The number of hydrogen-bond donors (Lipinski definition) is 1. The minimum atomic E-state index is -0.313. The van der Waals surface area contributed by atoms with Gasteiger partial charge in [-0.3, -0.25) is 0 Å². The molecule has 0 fully saturated rings. The maximum Gasteiger partial charge on any atom is 0.142 e. The molecule has 1 aliphatic heterocycles. The van der Waals surface area contributed by atoms with Crippen LogP contribution in [0, 0.1) is 5.82 Å². The van der Waals surface area contributed by atoms with Crippen LogP contribution in [0.5, 0.6) is 5.75 Å². The molecule has 2 nitrogen and oxygen atoms in total. The van der Waals surface area contributed by atoms with Gasteiger partial charge in [-0.25, -0.2) is 4.39 Å². The van der Waals surface area contributed by atoms with E-state index in [-0.39, 0.29) is 11.9 Å². The number of ether oxygens (including phenoxy) is 1. The van der Waals surface area contributed by atoms with Gasteiger partial charge in [0.1, 0.15) is 11.6 Å². The van der Waals surface area contributed by atoms with E-state index >= 15 is 0 Å². The van der Waals surface area contributed by atoms with Crippen LogP contribution in [0.2, 0.25) is 5.02 Å². The highest BCUT2D eigenvalue weighted by Crippen LogP contribution is 2.38. The molecule has 2 rings (SSSR count). The average Bonchev–Trinajstić information content (AvgIpc) is 2.19. The summed E-state index contributed by atoms with van der Waals surface area (Å²) in [6, 6.07) is 2.93. The summed E-state index contributed by atoms with van der Waals surface area (Å²) in [5.74, 6) is 0.308. The summed E-state index contributed by atoms with van der Waals surface area (Å²) >= 11 is 5.92. The normalized spacial score (nSPS) is 19.5. The summed E-state index contributed by atoms with van der Waals surface area (Å²) in [4.78, 5) is 0. The Hall–Kier alpha value is -0.800. The third-order valence-corrected chi connectivity index (χ3v) is 2.80. The quantitative estimate of drug-likeness (QED) is 0.842. The van der Waals surface area contributed by atoms with Gasteiger partial charge in [-0.1, -0.05) is 18.5 Å². The number of hydrogen-bond acceptors (Lipinski definition) is 2. The van der Waals surface area contributed by atoms with E-state index in [2.05, 4.69) is 5.32 Å². The van der Waals surface area contributed by atoms with Crippen molar-refractivity contribution in [2.45, 2.75) is 19.4 Å². The molecule has 1 aromatic rings. The van der Waals surface area contributed by atoms with Crippen LogP contribution in [-0.4, -0.2) is 13.2 Å². The molecular formula is C11H13ClFNO. The molecule has 0 spiro atoms. The van der Waals surface area contributed by atoms with E-state index in [4.69, 9.17) is 16.3 Å². The zero-order valence-corrected chi connectivity index (χ0v) is 9.27. The molecular weight excluding hydrogens is 217 g/mol. The molecule has 0 radical (unpaired) electrons. The Morgan fingerprint density at radius 2 is 2.40 bits per heavy atom. The van der Waals surface area contributed by atoms with Crippen LogP contribution in [0.4, 0.5) is 4.39 Å². The molecule has 1 N–H and O–H groups in total. The highest BCUT2D eigenvalue weighted by molar-refractivity contribution is 6.32. The Kier molecular flexibility index (Phi) is 3.12. The Bertz CT molecular complexity index is 370. The van der Waals surface area contributed by atoms with Gasteiger partial charge in [-0.05, 0) is 18.7 Å². The molecule has 0 bridgehead atoms. The standard InChI is InChI=1S/C11H13ClFNO/c1-2-14-10-3-4-15-11-8(10)5-7(13)6-9(11)12/h5-6,10,14H,2-4H2,1H3. The molecule has 1 unspecified atom stereocenters. The predicted octanol–water partition coefficient (Wildman–Crippen LogP) is 2.91. The van der Waals surface area contributed by atoms with Crippen LogP contribution in [0.25, 0.3) is 0 Å². The smallest absolute Gasteiger partial charge is 0.142 e. The highest BCUT2D eigenvalue weighted by atomic mass is 35.5. The number of rotatable bonds is 2. The first-order valence-electron chi connectivity index (χ1n) is 5.07. The van der Waals surface area contributed by atoms with Crippen molar-refractivity contribution < 1.29 is 9.13 Å². The van der Waals surface area contributed by atoms with Gasteiger partial charge in [0, 0.05) is 18.0 Å². The maximum absolute atomic E-state index is 13.2. The first kappa shape index (κ1) is 10.7. The van der Waals surface area contributed by atoms with E-state index < -0.39 is 0 Å². The van der Waals surface area contributed by atoms with Gasteiger partial charge in [0.25, 0.3) is 0 Å². The predicted molar refractivity (Wildman–Crippen MR) is 57.9 cm³/mol. The molecule has 1 atom stereocenters. The molecule has 1 aromatic carbocycles. The molecule has 4 heteroatoms. The van der Waals surface area contributed by atoms with Crippen LogP contribution < -0.4 is 10.1 Å². The highest BCUT2D eigenvalue weighted by Gasteiger charge is 2.23. The van der Waals surface area contributed by atoms with Crippen LogP contribution >= 0.6 is 11.6 Å². The lowest BCUT2D eigenvalue weighted by Gasteiger charge is -2.27. The topological polar surface area (TPSA) is 21.3 Å². The van der Waals surface area contributed by atoms with Gasteiger partial charge in [0.05, 0.1) is 11.6 Å². The molecule has 0 aliphatic carbocycles. The summed E-state index contributed by atoms with van der Waals surface area (Å²) in [6.45, 7) is 3.49. The van der Waals surface area contributed by atoms with Gasteiger partial charge in [-0.2, -0.15) is 0 Å². The zero-order chi connectivity index (χ0) is 10.8. The van der Waals surface area contributed by atoms with Crippen molar-refractivity contribution in [1.82, 2.24) is 5.32 Å². The summed E-state index contributed by atoms with van der Waals surface area (Å²) in [5.41, 5.74) is 0.827. The van der Waals surface area contributed by atoms with E-state index in [0.717, 1.165) is 18.5 Å². The molecule has 15 heavy (non-hydrogen) atoms. The number of halogens is 2. The van der Waals surface area contributed by atoms with Gasteiger partial charge in [0.2, 0.25) is 0 Å². The third kappa shape index (κ3) is 2.08. The SMILES string of the molecule is CCNC1CCOc2c(Cl)cc(F)cc21. The van der Waals surface area contributed by atoms with Gasteiger partial charge >= 0.3 is 0 Å². The van der Waals surface area contributed by atoms with Crippen molar-refractivity contribution in [3.8, 4) is 5.75 Å². The first-order valence-corrected chi connectivity index (χ1v) is 5.45. The van der Waals surface area contributed by atoms with Crippen molar-refractivity contribution in [1.29, 1.82) is 0 Å². The molecule has 1 aliphatic rings. The summed E-state index contributed by atoms with van der Waals surface area (Å²) in [6.07, 6.45) is 0.848. The van der Waals surface area contributed by atoms with Crippen LogP contribution in [-0.2, 0) is 0 Å². The average molecular weight is 230 g/mol. The van der Waals surface area contributed by atoms with E-state index in [1.165, 1.54) is 12.1 Å². The largest absolute Gasteiger partial charge is 0.492 e. The number of nitrogens with one attached hydrogen (secondary N) is 1. The number of fused-ring (bicyclic) bond motifs is 1. The zero-order valence-electron chi connectivity index (χ0n) is 8.52. The first-order chi connectivity index (χ1) is 7.22. The van der Waals surface area contributed by atoms with E-state index in [9.17, 15) is 4.39 Å². The Morgan fingerprint density at radius 3 is 3.13 bits per heavy atom. The Labute approximate surface area is 93.4 Å². The fourth-order valence-corrected chi connectivity index (χ4v) is 2.15. The van der Waals surface area contributed by atoms with Crippen molar-refractivity contribution in [2.75, 3.05) is 13.2 Å². The van der Waals surface area contributed by atoms with Gasteiger partial charge < -0.3 is 10.1 Å². The van der Waals surface area contributed by atoms with E-state index in [1.807, 2.05) is 6.92 Å². The van der Waals surface area contributed by atoms with E-state index in [1.54, 1.807) is 0 Å². The van der Waals surface area contributed by atoms with Crippen molar-refractivity contribution in [3.05, 3.63) is 28.5 Å². The van der Waals surface area contributed by atoms with Crippen LogP contribution in [0.3, 0.4) is 0 Å². The molecule has 82 valence electrons. The molecule has 0 saturated heterocycles. The molecule has 0 saturated carbocycles. The summed E-state index contributed by atoms with van der Waals surface area (Å²) in [5, 5.41) is 3.64. The minimum Gasteiger partial charge on any atom is -0.492 e. The fraction of sp³-hybridized carbons (Fsp3) is 0.455. The summed E-state index contributed by atoms with van der Waals surface area (Å²) < 4.78 is 18.6. The Morgan fingerprint density at radius 1 is 1.60 bits per heavy atom. The second-order valence-corrected chi connectivity index (χ2v) is 3.96. The van der Waals surface area contributed by atoms with Crippen molar-refractivity contribution in [3.63, 3.8) is 0 Å². The van der Waals surface area contributed by atoms with Crippen LogP contribution in [0.15, 0.2) is 12.1 Å². The minimum absolute atomic E-state index is 0.145. The van der Waals surface area contributed by atoms with Gasteiger partial charge in [-0.15, -0.1) is 0 Å². The maximum atomic E-state index is 13.2. The van der Waals surface area contributed by atoms with E-state index in [0.29, 0.717) is 17.4 Å². The third-order valence-electron chi connectivity index (χ3n) is 2.52. The number of benzene rings is 1. The second kappa shape index (κ2) is 4.37. The summed E-state index contributed by atoms with van der Waals surface area (Å²) in [7, 11) is 0. The lowest BCUT2D eigenvalue weighted by molar-refractivity contribution is 0.253. The van der Waals surface area contributed by atoms with Gasteiger partial charge in [0.15, 0.2) is 0 Å². The lowest BCUT2D eigenvalue weighted by atomic mass is 10.0. The molecule has 0 aromatic heterocycles. The lowest BCUT2D eigenvalue weighted by Crippen LogP contribution is -2.27. The van der Waals surface area contributed by atoms with Crippen LogP contribution in [0.1, 0.15) is 24.9 Å². The second-order valence-electron chi connectivity index (χ2n) is 3.55.